The highest BCUT2D eigenvalue weighted by molar-refractivity contribution is 5.79. The van der Waals surface area contributed by atoms with Gasteiger partial charge in [0.25, 0.3) is 0 Å². The number of Topliss-reactive ketones (excluding diaryl/α,β-unsaturated/α-hetero) is 1. The summed E-state index contributed by atoms with van der Waals surface area (Å²) < 4.78 is 0. The molecule has 3 saturated carbocycles. The number of carbonyl (C=O) groups excluding carboxylic acids is 1. The van der Waals surface area contributed by atoms with Crippen LogP contribution in [0.1, 0.15) is 85.0 Å². The first kappa shape index (κ1) is 15.9. The molecule has 4 rings (SSSR count). The fourth-order valence-electron chi connectivity index (χ4n) is 7.54. The Labute approximate surface area is 142 Å². The van der Waals surface area contributed by atoms with Gasteiger partial charge in [0.05, 0.1) is 0 Å². The maximum absolute atomic E-state index is 12.2. The maximum atomic E-state index is 12.2. The fraction of sp³-hybridized carbons (Fsp3) is 0.864. The van der Waals surface area contributed by atoms with Crippen LogP contribution in [0.15, 0.2) is 11.6 Å². The van der Waals surface area contributed by atoms with Gasteiger partial charge in [-0.3, -0.25) is 4.79 Å². The summed E-state index contributed by atoms with van der Waals surface area (Å²) in [6.07, 6.45) is 16.1. The van der Waals surface area contributed by atoms with Gasteiger partial charge >= 0.3 is 0 Å². The van der Waals surface area contributed by atoms with Crippen molar-refractivity contribution in [3.05, 3.63) is 11.6 Å². The molecule has 1 heteroatoms. The Morgan fingerprint density at radius 3 is 2.65 bits per heavy atom. The van der Waals surface area contributed by atoms with Gasteiger partial charge in [0, 0.05) is 5.92 Å². The molecule has 0 N–H and O–H groups in total. The van der Waals surface area contributed by atoms with Crippen LogP contribution in [0, 0.1) is 34.5 Å². The van der Waals surface area contributed by atoms with Gasteiger partial charge in [-0.1, -0.05) is 38.3 Å². The molecule has 0 bridgehead atoms. The molecule has 0 radical (unpaired) electrons. The third-order valence-electron chi connectivity index (χ3n) is 8.76. The van der Waals surface area contributed by atoms with Crippen molar-refractivity contribution in [3.63, 3.8) is 0 Å². The second-order valence-electron chi connectivity index (χ2n) is 9.61. The van der Waals surface area contributed by atoms with Crippen molar-refractivity contribution >= 4 is 5.78 Å². The third kappa shape index (κ3) is 2.21. The molecule has 23 heavy (non-hydrogen) atoms. The van der Waals surface area contributed by atoms with Crippen molar-refractivity contribution < 1.29 is 4.79 Å². The van der Waals surface area contributed by atoms with Crippen LogP contribution in [0.5, 0.6) is 0 Å². The highest BCUT2D eigenvalue weighted by atomic mass is 16.1. The first-order valence-electron chi connectivity index (χ1n) is 10.2. The summed E-state index contributed by atoms with van der Waals surface area (Å²) in [5.74, 6) is 3.35. The smallest absolute Gasteiger partial charge is 0.133 e. The van der Waals surface area contributed by atoms with Crippen molar-refractivity contribution in [1.82, 2.24) is 0 Å². The minimum atomic E-state index is 0.305. The lowest BCUT2D eigenvalue weighted by Gasteiger charge is -2.56. The van der Waals surface area contributed by atoms with Crippen LogP contribution in [-0.2, 0) is 4.79 Å². The standard InChI is InChI=1S/C22H34O/c1-15(23)18-10-11-19-17-9-8-16-7-5-4-6-13-21(16,2)20(17)12-14-22(18,19)3/h8,17-20H,4-7,9-14H2,1-3H3. The second-order valence-corrected chi connectivity index (χ2v) is 9.61. The molecule has 0 spiro atoms. The highest BCUT2D eigenvalue weighted by Gasteiger charge is 2.58. The average molecular weight is 315 g/mol. The molecule has 0 heterocycles. The Morgan fingerprint density at radius 1 is 1.04 bits per heavy atom. The topological polar surface area (TPSA) is 17.1 Å². The lowest BCUT2D eigenvalue weighted by Crippen LogP contribution is -2.49. The molecule has 3 fully saturated rings. The summed E-state index contributed by atoms with van der Waals surface area (Å²) in [7, 11) is 0. The number of allylic oxidation sites excluding steroid dienone is 2. The van der Waals surface area contributed by atoms with E-state index in [1.54, 1.807) is 5.57 Å². The minimum absolute atomic E-state index is 0.305. The summed E-state index contributed by atoms with van der Waals surface area (Å²) in [5, 5.41) is 0. The Hall–Kier alpha value is -0.590. The SMILES string of the molecule is CC(=O)C1CCC2C3CC=C4CCCCCC4(C)C3CCC12C. The van der Waals surface area contributed by atoms with Gasteiger partial charge in [-0.25, -0.2) is 0 Å². The van der Waals surface area contributed by atoms with Gasteiger partial charge in [0.2, 0.25) is 0 Å². The summed E-state index contributed by atoms with van der Waals surface area (Å²) in [6, 6.07) is 0. The largest absolute Gasteiger partial charge is 0.300 e. The molecule has 4 aliphatic carbocycles. The third-order valence-corrected chi connectivity index (χ3v) is 8.76. The Morgan fingerprint density at radius 2 is 1.87 bits per heavy atom. The van der Waals surface area contributed by atoms with Crippen LogP contribution in [-0.4, -0.2) is 5.78 Å². The second kappa shape index (κ2) is 5.46. The predicted octanol–water partition coefficient (Wildman–Crippen LogP) is 5.93. The summed E-state index contributed by atoms with van der Waals surface area (Å²) in [4.78, 5) is 12.2. The molecule has 0 saturated heterocycles. The van der Waals surface area contributed by atoms with E-state index in [2.05, 4.69) is 19.9 Å². The van der Waals surface area contributed by atoms with Crippen LogP contribution in [0.3, 0.4) is 0 Å². The van der Waals surface area contributed by atoms with Crippen LogP contribution in [0.4, 0.5) is 0 Å². The minimum Gasteiger partial charge on any atom is -0.300 e. The zero-order valence-corrected chi connectivity index (χ0v) is 15.4. The van der Waals surface area contributed by atoms with Crippen molar-refractivity contribution in [3.8, 4) is 0 Å². The number of carbonyl (C=O) groups is 1. The molecule has 0 aliphatic heterocycles. The zero-order chi connectivity index (χ0) is 16.2. The van der Waals surface area contributed by atoms with Crippen molar-refractivity contribution in [1.29, 1.82) is 0 Å². The van der Waals surface area contributed by atoms with Gasteiger partial charge < -0.3 is 0 Å². The van der Waals surface area contributed by atoms with E-state index in [0.717, 1.165) is 24.2 Å². The molecule has 128 valence electrons. The van der Waals surface area contributed by atoms with Crippen LogP contribution >= 0.6 is 0 Å². The highest BCUT2D eigenvalue weighted by Crippen LogP contribution is 2.65. The Kier molecular flexibility index (Phi) is 3.78. The number of hydrogen-bond donors (Lipinski definition) is 0. The van der Waals surface area contributed by atoms with Crippen LogP contribution in [0.2, 0.25) is 0 Å². The normalized spacial score (nSPS) is 49.4. The van der Waals surface area contributed by atoms with Gasteiger partial charge in [-0.05, 0) is 86.9 Å². The molecular formula is C22H34O. The summed E-state index contributed by atoms with van der Waals surface area (Å²) >= 11 is 0. The molecule has 0 aromatic rings. The predicted molar refractivity (Wildman–Crippen MR) is 95.1 cm³/mol. The fourth-order valence-corrected chi connectivity index (χ4v) is 7.54. The van der Waals surface area contributed by atoms with Gasteiger partial charge in [0.15, 0.2) is 0 Å². The monoisotopic (exact) mass is 314 g/mol. The summed E-state index contributed by atoms with van der Waals surface area (Å²) in [6.45, 7) is 6.90. The molecule has 6 unspecified atom stereocenters. The van der Waals surface area contributed by atoms with Crippen LogP contribution < -0.4 is 0 Å². The Bertz CT molecular complexity index is 532. The van der Waals surface area contributed by atoms with Crippen molar-refractivity contribution in [2.45, 2.75) is 85.0 Å². The number of hydrogen-bond acceptors (Lipinski definition) is 1. The summed E-state index contributed by atoms with van der Waals surface area (Å²) in [5.41, 5.74) is 2.59. The number of rotatable bonds is 1. The number of ketones is 1. The quantitative estimate of drug-likeness (QED) is 0.548. The molecule has 0 aromatic carbocycles. The van der Waals surface area contributed by atoms with E-state index < -0.39 is 0 Å². The molecule has 6 atom stereocenters. The molecule has 1 nitrogen and oxygen atoms in total. The van der Waals surface area contributed by atoms with E-state index in [1.165, 1.54) is 57.8 Å². The average Bonchev–Trinajstić information content (AvgIpc) is 2.74. The van der Waals surface area contributed by atoms with Gasteiger partial charge in [-0.15, -0.1) is 0 Å². The molecule has 0 amide bonds. The van der Waals surface area contributed by atoms with E-state index in [9.17, 15) is 4.79 Å². The van der Waals surface area contributed by atoms with Crippen molar-refractivity contribution in [2.24, 2.45) is 34.5 Å². The van der Waals surface area contributed by atoms with E-state index >= 15 is 0 Å². The van der Waals surface area contributed by atoms with Crippen LogP contribution in [0.25, 0.3) is 0 Å². The van der Waals surface area contributed by atoms with Gasteiger partial charge in [0.1, 0.15) is 5.78 Å². The number of fused-ring (bicyclic) bond motifs is 5. The lowest BCUT2D eigenvalue weighted by molar-refractivity contribution is -0.127. The van der Waals surface area contributed by atoms with E-state index in [0.29, 0.717) is 22.5 Å². The first-order valence-corrected chi connectivity index (χ1v) is 10.2. The first-order chi connectivity index (χ1) is 11.0. The molecular weight excluding hydrogens is 280 g/mol. The lowest BCUT2D eigenvalue weighted by atomic mass is 9.48. The maximum Gasteiger partial charge on any atom is 0.133 e. The van der Waals surface area contributed by atoms with Gasteiger partial charge in [-0.2, -0.15) is 0 Å². The van der Waals surface area contributed by atoms with E-state index in [-0.39, 0.29) is 0 Å². The molecule has 0 aromatic heterocycles. The Balaban J connectivity index is 1.67. The van der Waals surface area contributed by atoms with E-state index in [1.807, 2.05) is 6.92 Å². The molecule has 4 aliphatic rings. The van der Waals surface area contributed by atoms with Crippen molar-refractivity contribution in [2.75, 3.05) is 0 Å². The zero-order valence-electron chi connectivity index (χ0n) is 15.4. The van der Waals surface area contributed by atoms with E-state index in [4.69, 9.17) is 0 Å².